The standard InChI is InChI=1S/C24H34N4O2/c1-6-30-21-12-10-20(11-13-21)27-14-26(22-9-7-8-16(2)17(22)3)15-28-23(29)18(4)19(5)25-24(27)28/h10-13,16-17,22H,6-9,14-15H2,1-5H3. The van der Waals surface area contributed by atoms with Crippen molar-refractivity contribution in [3.05, 3.63) is 45.9 Å². The molecule has 1 aliphatic heterocycles. The van der Waals surface area contributed by atoms with Crippen LogP contribution in [0, 0.1) is 25.7 Å². The number of rotatable bonds is 4. The Labute approximate surface area is 179 Å². The Morgan fingerprint density at radius 1 is 1.10 bits per heavy atom. The van der Waals surface area contributed by atoms with E-state index in [0.29, 0.717) is 31.2 Å². The molecule has 30 heavy (non-hydrogen) atoms. The van der Waals surface area contributed by atoms with Gasteiger partial charge in [0.2, 0.25) is 5.95 Å². The molecule has 1 aromatic carbocycles. The SMILES string of the molecule is CCOc1ccc(N2CN(C3CCCC(C)C3C)Cn3c2nc(C)c(C)c3=O)cc1. The highest BCUT2D eigenvalue weighted by Crippen LogP contribution is 2.36. The Morgan fingerprint density at radius 3 is 2.53 bits per heavy atom. The average Bonchev–Trinajstić information content (AvgIpc) is 2.74. The van der Waals surface area contributed by atoms with Gasteiger partial charge in [-0.15, -0.1) is 0 Å². The first kappa shape index (κ1) is 20.9. The highest BCUT2D eigenvalue weighted by molar-refractivity contribution is 5.59. The van der Waals surface area contributed by atoms with Gasteiger partial charge in [0.25, 0.3) is 5.56 Å². The monoisotopic (exact) mass is 410 g/mol. The molecule has 162 valence electrons. The van der Waals surface area contributed by atoms with Crippen molar-refractivity contribution < 1.29 is 4.74 Å². The minimum absolute atomic E-state index is 0.0645. The van der Waals surface area contributed by atoms with Crippen molar-refractivity contribution in [2.24, 2.45) is 11.8 Å². The summed E-state index contributed by atoms with van der Waals surface area (Å²) in [7, 11) is 0. The molecule has 0 radical (unpaired) electrons. The quantitative estimate of drug-likeness (QED) is 0.745. The molecule has 0 bridgehead atoms. The summed E-state index contributed by atoms with van der Waals surface area (Å²) >= 11 is 0. The lowest BCUT2D eigenvalue weighted by Crippen LogP contribution is -2.54. The Balaban J connectivity index is 1.75. The van der Waals surface area contributed by atoms with Crippen LogP contribution in [0.3, 0.4) is 0 Å². The second kappa shape index (κ2) is 8.42. The molecule has 1 aromatic heterocycles. The summed E-state index contributed by atoms with van der Waals surface area (Å²) in [6.07, 6.45) is 3.73. The average molecular weight is 411 g/mol. The van der Waals surface area contributed by atoms with Crippen molar-refractivity contribution in [1.82, 2.24) is 14.5 Å². The fourth-order valence-electron chi connectivity index (χ4n) is 4.91. The first-order valence-corrected chi connectivity index (χ1v) is 11.2. The predicted molar refractivity (Wildman–Crippen MR) is 120 cm³/mol. The summed E-state index contributed by atoms with van der Waals surface area (Å²) in [4.78, 5) is 22.7. The summed E-state index contributed by atoms with van der Waals surface area (Å²) in [5.41, 5.74) is 2.63. The molecule has 3 atom stereocenters. The van der Waals surface area contributed by atoms with E-state index in [1.165, 1.54) is 19.3 Å². The molecule has 2 heterocycles. The minimum atomic E-state index is 0.0645. The molecule has 4 rings (SSSR count). The normalized spacial score (nSPS) is 24.6. The van der Waals surface area contributed by atoms with E-state index in [1.807, 2.05) is 37.5 Å². The summed E-state index contributed by atoms with van der Waals surface area (Å²) < 4.78 is 7.47. The highest BCUT2D eigenvalue weighted by atomic mass is 16.5. The zero-order chi connectivity index (χ0) is 21.4. The van der Waals surface area contributed by atoms with Gasteiger partial charge in [-0.3, -0.25) is 19.2 Å². The number of benzene rings is 1. The molecule has 1 aliphatic carbocycles. The van der Waals surface area contributed by atoms with Gasteiger partial charge in [-0.05, 0) is 63.3 Å². The Hall–Kier alpha value is -2.34. The lowest BCUT2D eigenvalue weighted by atomic mass is 9.77. The third kappa shape index (κ3) is 3.73. The van der Waals surface area contributed by atoms with Crippen LogP contribution in [0.1, 0.15) is 51.3 Å². The second-order valence-corrected chi connectivity index (χ2v) is 8.92. The molecule has 3 unspecified atom stereocenters. The van der Waals surface area contributed by atoms with E-state index in [2.05, 4.69) is 35.8 Å². The summed E-state index contributed by atoms with van der Waals surface area (Å²) in [5, 5.41) is 0. The van der Waals surface area contributed by atoms with Crippen molar-refractivity contribution >= 4 is 11.6 Å². The Morgan fingerprint density at radius 2 is 1.83 bits per heavy atom. The molecule has 2 aliphatic rings. The van der Waals surface area contributed by atoms with Gasteiger partial charge >= 0.3 is 0 Å². The van der Waals surface area contributed by atoms with E-state index in [9.17, 15) is 4.79 Å². The van der Waals surface area contributed by atoms with Crippen molar-refractivity contribution in [2.45, 2.75) is 66.6 Å². The van der Waals surface area contributed by atoms with Crippen LogP contribution in [0.15, 0.2) is 29.1 Å². The van der Waals surface area contributed by atoms with Crippen LogP contribution >= 0.6 is 0 Å². The molecule has 1 saturated carbocycles. The summed E-state index contributed by atoms with van der Waals surface area (Å²) in [6.45, 7) is 12.5. The highest BCUT2D eigenvalue weighted by Gasteiger charge is 2.36. The lowest BCUT2D eigenvalue weighted by Gasteiger charge is -2.46. The third-order valence-electron chi connectivity index (χ3n) is 7.10. The first-order chi connectivity index (χ1) is 14.4. The van der Waals surface area contributed by atoms with Gasteiger partial charge < -0.3 is 4.74 Å². The van der Waals surface area contributed by atoms with Crippen molar-refractivity contribution in [1.29, 1.82) is 0 Å². The van der Waals surface area contributed by atoms with Crippen LogP contribution in [-0.4, -0.2) is 33.8 Å². The van der Waals surface area contributed by atoms with Crippen LogP contribution in [0.25, 0.3) is 0 Å². The maximum atomic E-state index is 13.2. The van der Waals surface area contributed by atoms with E-state index in [0.717, 1.165) is 35.3 Å². The van der Waals surface area contributed by atoms with Gasteiger partial charge in [-0.1, -0.05) is 26.7 Å². The molecule has 6 heteroatoms. The van der Waals surface area contributed by atoms with Crippen molar-refractivity contribution in [3.8, 4) is 5.75 Å². The van der Waals surface area contributed by atoms with Gasteiger partial charge in [0.1, 0.15) is 5.75 Å². The largest absolute Gasteiger partial charge is 0.494 e. The van der Waals surface area contributed by atoms with Crippen LogP contribution < -0.4 is 15.2 Å². The number of hydrogen-bond donors (Lipinski definition) is 0. The van der Waals surface area contributed by atoms with Crippen LogP contribution in [-0.2, 0) is 6.67 Å². The molecule has 2 aromatic rings. The first-order valence-electron chi connectivity index (χ1n) is 11.2. The second-order valence-electron chi connectivity index (χ2n) is 8.92. The van der Waals surface area contributed by atoms with Crippen LogP contribution in [0.2, 0.25) is 0 Å². The van der Waals surface area contributed by atoms with E-state index in [4.69, 9.17) is 9.72 Å². The van der Waals surface area contributed by atoms with Crippen LogP contribution in [0.5, 0.6) is 5.75 Å². The van der Waals surface area contributed by atoms with E-state index in [-0.39, 0.29) is 5.56 Å². The third-order valence-corrected chi connectivity index (χ3v) is 7.10. The number of aryl methyl sites for hydroxylation is 1. The topological polar surface area (TPSA) is 50.6 Å². The number of nitrogens with zero attached hydrogens (tertiary/aromatic N) is 4. The fraction of sp³-hybridized carbons (Fsp3) is 0.583. The number of fused-ring (bicyclic) bond motifs is 1. The van der Waals surface area contributed by atoms with Crippen LogP contribution in [0.4, 0.5) is 11.6 Å². The van der Waals surface area contributed by atoms with E-state index in [1.54, 1.807) is 0 Å². The summed E-state index contributed by atoms with van der Waals surface area (Å²) in [5.74, 6) is 2.91. The molecular weight excluding hydrogens is 376 g/mol. The maximum absolute atomic E-state index is 13.2. The fourth-order valence-corrected chi connectivity index (χ4v) is 4.91. The molecule has 0 spiro atoms. The zero-order valence-corrected chi connectivity index (χ0v) is 18.9. The van der Waals surface area contributed by atoms with Crippen molar-refractivity contribution in [3.63, 3.8) is 0 Å². The molecule has 6 nitrogen and oxygen atoms in total. The predicted octanol–water partition coefficient (Wildman–Crippen LogP) is 4.45. The molecule has 0 saturated heterocycles. The van der Waals surface area contributed by atoms with Gasteiger partial charge in [0, 0.05) is 23.0 Å². The van der Waals surface area contributed by atoms with Gasteiger partial charge in [-0.25, -0.2) is 4.98 Å². The molecular formula is C24H34N4O2. The zero-order valence-electron chi connectivity index (χ0n) is 18.9. The number of anilines is 2. The van der Waals surface area contributed by atoms with Gasteiger partial charge in [0.15, 0.2) is 0 Å². The van der Waals surface area contributed by atoms with E-state index >= 15 is 0 Å². The number of aromatic nitrogens is 2. The number of ether oxygens (including phenoxy) is 1. The summed E-state index contributed by atoms with van der Waals surface area (Å²) in [6, 6.07) is 8.58. The molecule has 0 amide bonds. The molecule has 1 fully saturated rings. The molecule has 0 N–H and O–H groups in total. The van der Waals surface area contributed by atoms with Crippen molar-refractivity contribution in [2.75, 3.05) is 18.2 Å². The Kier molecular flexibility index (Phi) is 5.87. The van der Waals surface area contributed by atoms with E-state index < -0.39 is 0 Å². The van der Waals surface area contributed by atoms with Gasteiger partial charge in [-0.2, -0.15) is 0 Å². The van der Waals surface area contributed by atoms with Gasteiger partial charge in [0.05, 0.1) is 19.9 Å². The lowest BCUT2D eigenvalue weighted by molar-refractivity contribution is 0.0491. The Bertz CT molecular complexity index is 953. The smallest absolute Gasteiger partial charge is 0.259 e. The maximum Gasteiger partial charge on any atom is 0.259 e. The minimum Gasteiger partial charge on any atom is -0.494 e. The number of hydrogen-bond acceptors (Lipinski definition) is 5.